The fraction of sp³-hybridized carbons (Fsp3) is 0.962. The van der Waals surface area contributed by atoms with Crippen LogP contribution < -0.4 is 0 Å². The Bertz CT molecular complexity index is 705. The molecule has 0 saturated heterocycles. The first-order valence-electron chi connectivity index (χ1n) is 12.6. The van der Waals surface area contributed by atoms with Gasteiger partial charge in [-0.15, -0.1) is 0 Å². The van der Waals surface area contributed by atoms with Gasteiger partial charge in [0.25, 0.3) is 0 Å². The lowest BCUT2D eigenvalue weighted by molar-refractivity contribution is -0.223. The standard InChI is InChI=1S/C26H43NO2/c1-17-18-9-13-25(4)22(23(18,2)12-10-21(17)27-29)8-7-19-20-6-5-11-26(20,16-28)15-14-24(19,25)3/h17-20,22,28-29H,5-16H2,1-4H3/b27-21+/t17?,18?,19?,20?,22?,23?,24-,25?,26?/m1/s1. The van der Waals surface area contributed by atoms with Gasteiger partial charge in [0.1, 0.15) is 0 Å². The second-order valence-electron chi connectivity index (χ2n) is 12.6. The van der Waals surface area contributed by atoms with Gasteiger partial charge in [-0.2, -0.15) is 0 Å². The van der Waals surface area contributed by atoms with E-state index in [2.05, 4.69) is 32.9 Å². The molecule has 0 spiro atoms. The van der Waals surface area contributed by atoms with E-state index in [0.717, 1.165) is 29.9 Å². The van der Waals surface area contributed by atoms with Crippen molar-refractivity contribution >= 4 is 5.71 Å². The fourth-order valence-corrected chi connectivity index (χ4v) is 10.5. The molecule has 5 aliphatic carbocycles. The lowest BCUT2D eigenvalue weighted by Gasteiger charge is -2.71. The molecule has 0 aromatic heterocycles. The van der Waals surface area contributed by atoms with Gasteiger partial charge >= 0.3 is 0 Å². The summed E-state index contributed by atoms with van der Waals surface area (Å²) in [6, 6.07) is 0. The zero-order chi connectivity index (χ0) is 20.7. The van der Waals surface area contributed by atoms with Crippen LogP contribution in [0.25, 0.3) is 0 Å². The van der Waals surface area contributed by atoms with Crippen LogP contribution in [0.15, 0.2) is 5.16 Å². The molecule has 164 valence electrons. The van der Waals surface area contributed by atoms with Crippen molar-refractivity contribution in [2.24, 2.45) is 56.4 Å². The van der Waals surface area contributed by atoms with Crippen LogP contribution >= 0.6 is 0 Å². The van der Waals surface area contributed by atoms with Crippen molar-refractivity contribution in [2.45, 2.75) is 98.3 Å². The molecule has 0 aromatic rings. The molecule has 5 aliphatic rings. The largest absolute Gasteiger partial charge is 0.411 e. The zero-order valence-electron chi connectivity index (χ0n) is 19.2. The van der Waals surface area contributed by atoms with Crippen LogP contribution in [0, 0.1) is 51.2 Å². The summed E-state index contributed by atoms with van der Waals surface area (Å²) >= 11 is 0. The van der Waals surface area contributed by atoms with Crippen LogP contribution in [0.2, 0.25) is 0 Å². The van der Waals surface area contributed by atoms with E-state index >= 15 is 0 Å². The molecule has 5 saturated carbocycles. The van der Waals surface area contributed by atoms with E-state index in [-0.39, 0.29) is 5.41 Å². The molecule has 3 heteroatoms. The maximum atomic E-state index is 10.4. The third-order valence-corrected chi connectivity index (χ3v) is 12.4. The van der Waals surface area contributed by atoms with Crippen molar-refractivity contribution in [3.05, 3.63) is 0 Å². The summed E-state index contributed by atoms with van der Waals surface area (Å²) in [5.41, 5.74) is 2.52. The Kier molecular flexibility index (Phi) is 4.54. The number of hydrogen-bond acceptors (Lipinski definition) is 3. The van der Waals surface area contributed by atoms with Gasteiger partial charge in [-0.05, 0) is 110 Å². The normalized spacial score (nSPS) is 58.2. The number of nitrogens with zero attached hydrogens (tertiary/aromatic N) is 1. The van der Waals surface area contributed by atoms with E-state index in [4.69, 9.17) is 0 Å². The quantitative estimate of drug-likeness (QED) is 0.401. The minimum absolute atomic E-state index is 0.250. The number of fused-ring (bicyclic) bond motifs is 7. The molecule has 3 nitrogen and oxygen atoms in total. The predicted octanol–water partition coefficient (Wildman–Crippen LogP) is 6.27. The van der Waals surface area contributed by atoms with E-state index in [1.807, 2.05) is 0 Å². The van der Waals surface area contributed by atoms with Crippen LogP contribution in [0.4, 0.5) is 0 Å². The van der Waals surface area contributed by atoms with Crippen molar-refractivity contribution in [3.63, 3.8) is 0 Å². The van der Waals surface area contributed by atoms with E-state index in [1.165, 1.54) is 64.2 Å². The Hall–Kier alpha value is -0.570. The molecule has 0 radical (unpaired) electrons. The van der Waals surface area contributed by atoms with Gasteiger partial charge in [-0.1, -0.05) is 39.3 Å². The van der Waals surface area contributed by atoms with Gasteiger partial charge in [0, 0.05) is 12.5 Å². The monoisotopic (exact) mass is 401 g/mol. The fourth-order valence-electron chi connectivity index (χ4n) is 10.5. The van der Waals surface area contributed by atoms with Gasteiger partial charge < -0.3 is 10.3 Å². The predicted molar refractivity (Wildman–Crippen MR) is 117 cm³/mol. The van der Waals surface area contributed by atoms with Gasteiger partial charge in [0.05, 0.1) is 5.71 Å². The van der Waals surface area contributed by atoms with E-state index in [1.54, 1.807) is 0 Å². The van der Waals surface area contributed by atoms with Crippen molar-refractivity contribution in [3.8, 4) is 0 Å². The third kappa shape index (κ3) is 2.37. The minimum atomic E-state index is 0.250. The molecule has 0 bridgehead atoms. The average Bonchev–Trinajstić information content (AvgIpc) is 3.13. The van der Waals surface area contributed by atoms with Crippen LogP contribution in [0.1, 0.15) is 98.3 Å². The number of hydrogen-bond donors (Lipinski definition) is 2. The third-order valence-electron chi connectivity index (χ3n) is 12.4. The smallest absolute Gasteiger partial charge is 0.0602 e. The minimum Gasteiger partial charge on any atom is -0.411 e. The molecule has 5 rings (SSSR count). The summed E-state index contributed by atoms with van der Waals surface area (Å²) in [4.78, 5) is 0. The molecular formula is C26H43NO2. The van der Waals surface area contributed by atoms with Crippen LogP contribution in [-0.2, 0) is 0 Å². The Morgan fingerprint density at radius 1 is 0.862 bits per heavy atom. The highest BCUT2D eigenvalue weighted by Crippen LogP contribution is 2.75. The first kappa shape index (κ1) is 20.3. The first-order chi connectivity index (χ1) is 13.8. The summed E-state index contributed by atoms with van der Waals surface area (Å²) in [5, 5.41) is 23.6. The summed E-state index contributed by atoms with van der Waals surface area (Å²) in [7, 11) is 0. The second-order valence-corrected chi connectivity index (χ2v) is 12.6. The number of aliphatic hydroxyl groups excluding tert-OH is 1. The topological polar surface area (TPSA) is 52.8 Å². The lowest BCUT2D eigenvalue weighted by Crippen LogP contribution is -2.65. The van der Waals surface area contributed by atoms with Crippen molar-refractivity contribution in [2.75, 3.05) is 6.61 Å². The van der Waals surface area contributed by atoms with Crippen LogP contribution in [0.3, 0.4) is 0 Å². The Morgan fingerprint density at radius 2 is 1.66 bits per heavy atom. The molecule has 8 unspecified atom stereocenters. The van der Waals surface area contributed by atoms with Crippen molar-refractivity contribution in [1.29, 1.82) is 0 Å². The van der Waals surface area contributed by atoms with Crippen molar-refractivity contribution < 1.29 is 10.3 Å². The highest BCUT2D eigenvalue weighted by atomic mass is 16.4. The van der Waals surface area contributed by atoms with Gasteiger partial charge in [-0.3, -0.25) is 0 Å². The summed E-state index contributed by atoms with van der Waals surface area (Å²) in [6.45, 7) is 10.7. The number of rotatable bonds is 1. The molecular weight excluding hydrogens is 358 g/mol. The van der Waals surface area contributed by atoms with E-state index < -0.39 is 0 Å². The van der Waals surface area contributed by atoms with Crippen LogP contribution in [-0.4, -0.2) is 22.6 Å². The maximum Gasteiger partial charge on any atom is 0.0602 e. The van der Waals surface area contributed by atoms with E-state index in [0.29, 0.717) is 34.7 Å². The summed E-state index contributed by atoms with van der Waals surface area (Å²) < 4.78 is 0. The van der Waals surface area contributed by atoms with Crippen molar-refractivity contribution in [1.82, 2.24) is 0 Å². The number of oxime groups is 1. The molecule has 9 atom stereocenters. The molecule has 29 heavy (non-hydrogen) atoms. The lowest BCUT2D eigenvalue weighted by atomic mass is 9.33. The second kappa shape index (κ2) is 6.47. The molecule has 5 fully saturated rings. The SMILES string of the molecule is CC1/C(=N/O)CCC2(C)C1CCC1(C)C2CCC2C3CCCC3(CO)CC[C@]21C. The Labute approximate surface area is 177 Å². The van der Waals surface area contributed by atoms with Crippen LogP contribution in [0.5, 0.6) is 0 Å². The first-order valence-corrected chi connectivity index (χ1v) is 12.6. The maximum absolute atomic E-state index is 10.4. The van der Waals surface area contributed by atoms with Gasteiger partial charge in [-0.25, -0.2) is 0 Å². The zero-order valence-corrected chi connectivity index (χ0v) is 19.2. The summed E-state index contributed by atoms with van der Waals surface area (Å²) in [6.07, 6.45) is 14.1. The van der Waals surface area contributed by atoms with E-state index in [9.17, 15) is 10.3 Å². The molecule has 0 amide bonds. The summed E-state index contributed by atoms with van der Waals surface area (Å²) in [5.74, 6) is 3.46. The highest BCUT2D eigenvalue weighted by molar-refractivity contribution is 5.87. The molecule has 2 N–H and O–H groups in total. The highest BCUT2D eigenvalue weighted by Gasteiger charge is 2.68. The number of aliphatic hydroxyl groups is 1. The van der Waals surface area contributed by atoms with Gasteiger partial charge in [0.2, 0.25) is 0 Å². The Morgan fingerprint density at radius 3 is 2.38 bits per heavy atom. The van der Waals surface area contributed by atoms with Gasteiger partial charge in [0.15, 0.2) is 0 Å². The average molecular weight is 402 g/mol. The Balaban J connectivity index is 1.51. The molecule has 0 aliphatic heterocycles. The molecule has 0 aromatic carbocycles. The molecule has 0 heterocycles.